The second-order valence-corrected chi connectivity index (χ2v) is 6.26. The molecule has 0 unspecified atom stereocenters. The first-order chi connectivity index (χ1) is 10.6. The van der Waals surface area contributed by atoms with Crippen LogP contribution in [0.1, 0.15) is 19.3 Å². The lowest BCUT2D eigenvalue weighted by molar-refractivity contribution is 0.252. The number of alkyl halides is 2. The van der Waals surface area contributed by atoms with Crippen molar-refractivity contribution in [2.24, 2.45) is 11.0 Å². The van der Waals surface area contributed by atoms with E-state index in [-0.39, 0.29) is 0 Å². The monoisotopic (exact) mass is 341 g/mol. The maximum Gasteiger partial charge on any atom is 0.288 e. The van der Waals surface area contributed by atoms with E-state index in [0.717, 1.165) is 24.9 Å². The minimum Gasteiger partial charge on any atom is -0.331 e. The molecule has 0 amide bonds. The van der Waals surface area contributed by atoms with E-state index in [4.69, 9.17) is 12.2 Å². The molecule has 0 heterocycles. The van der Waals surface area contributed by atoms with Gasteiger partial charge < -0.3 is 5.32 Å². The highest BCUT2D eigenvalue weighted by Crippen LogP contribution is 2.26. The number of nitrogens with one attached hydrogen (secondary N) is 2. The van der Waals surface area contributed by atoms with E-state index >= 15 is 0 Å². The molecule has 1 atom stereocenters. The van der Waals surface area contributed by atoms with Crippen LogP contribution in [0.3, 0.4) is 0 Å². The molecule has 22 heavy (non-hydrogen) atoms. The zero-order chi connectivity index (χ0) is 15.8. The van der Waals surface area contributed by atoms with Gasteiger partial charge in [-0.3, -0.25) is 5.43 Å². The van der Waals surface area contributed by atoms with E-state index in [0.29, 0.717) is 27.7 Å². The summed E-state index contributed by atoms with van der Waals surface area (Å²) in [4.78, 5) is 0.516. The second kappa shape index (κ2) is 8.85. The van der Waals surface area contributed by atoms with Gasteiger partial charge in [-0.2, -0.15) is 13.9 Å². The molecule has 0 saturated carbocycles. The number of thioether (sulfide) groups is 1. The Balaban J connectivity index is 1.76. The molecule has 2 N–H and O–H groups in total. The van der Waals surface area contributed by atoms with Gasteiger partial charge in [0, 0.05) is 16.8 Å². The van der Waals surface area contributed by atoms with E-state index < -0.39 is 5.76 Å². The normalized spacial score (nSPS) is 17.9. The smallest absolute Gasteiger partial charge is 0.288 e. The van der Waals surface area contributed by atoms with Gasteiger partial charge in [0.1, 0.15) is 0 Å². The Morgan fingerprint density at radius 2 is 2.09 bits per heavy atom. The topological polar surface area (TPSA) is 36.4 Å². The highest BCUT2D eigenvalue weighted by molar-refractivity contribution is 7.99. The predicted molar refractivity (Wildman–Crippen MR) is 92.6 cm³/mol. The van der Waals surface area contributed by atoms with E-state index in [1.165, 1.54) is 0 Å². The molecule has 1 aromatic carbocycles. The molecular formula is C15H17F2N3S2. The molecule has 3 nitrogen and oxygen atoms in total. The van der Waals surface area contributed by atoms with E-state index in [1.54, 1.807) is 24.3 Å². The summed E-state index contributed by atoms with van der Waals surface area (Å²) in [6.07, 6.45) is 9.41. The minimum atomic E-state index is -2.41. The van der Waals surface area contributed by atoms with Gasteiger partial charge in [-0.15, -0.1) is 0 Å². The van der Waals surface area contributed by atoms with Crippen molar-refractivity contribution < 1.29 is 8.78 Å². The van der Waals surface area contributed by atoms with Crippen LogP contribution in [0, 0.1) is 5.92 Å². The van der Waals surface area contributed by atoms with Crippen molar-refractivity contribution >= 4 is 41.0 Å². The zero-order valence-electron chi connectivity index (χ0n) is 11.8. The summed E-state index contributed by atoms with van der Waals surface area (Å²) in [5, 5.41) is 7.46. The van der Waals surface area contributed by atoms with Gasteiger partial charge in [-0.25, -0.2) is 0 Å². The maximum atomic E-state index is 12.2. The Kier molecular flexibility index (Phi) is 6.79. The third-order valence-corrected chi connectivity index (χ3v) is 4.01. The van der Waals surface area contributed by atoms with Crippen LogP contribution in [0.4, 0.5) is 14.5 Å². The molecule has 1 aliphatic rings. The lowest BCUT2D eigenvalue weighted by Crippen LogP contribution is -2.24. The zero-order valence-corrected chi connectivity index (χ0v) is 13.5. The maximum absolute atomic E-state index is 12.2. The number of halogens is 2. The summed E-state index contributed by atoms with van der Waals surface area (Å²) in [5.41, 5.74) is 3.49. The molecule has 1 aromatic rings. The second-order valence-electron chi connectivity index (χ2n) is 4.79. The third kappa shape index (κ3) is 6.11. The highest BCUT2D eigenvalue weighted by atomic mass is 32.2. The Labute approximate surface area is 138 Å². The molecule has 0 saturated heterocycles. The number of hydrogen-bond acceptors (Lipinski definition) is 3. The molecule has 0 radical (unpaired) electrons. The van der Waals surface area contributed by atoms with Gasteiger partial charge in [0.2, 0.25) is 0 Å². The summed E-state index contributed by atoms with van der Waals surface area (Å²) in [6, 6.07) is 6.65. The molecule has 0 aromatic heterocycles. The van der Waals surface area contributed by atoms with Gasteiger partial charge in [-0.05, 0) is 61.7 Å². The fourth-order valence-corrected chi connectivity index (χ4v) is 2.70. The number of nitrogens with zero attached hydrogens (tertiary/aromatic N) is 1. The fourth-order valence-electron chi connectivity index (χ4n) is 2.03. The quantitative estimate of drug-likeness (QED) is 0.269. The van der Waals surface area contributed by atoms with Gasteiger partial charge >= 0.3 is 0 Å². The molecule has 0 fully saturated rings. The van der Waals surface area contributed by atoms with Crippen molar-refractivity contribution in [3.8, 4) is 0 Å². The largest absolute Gasteiger partial charge is 0.331 e. The average Bonchev–Trinajstić information content (AvgIpc) is 2.50. The van der Waals surface area contributed by atoms with Crippen molar-refractivity contribution in [1.82, 2.24) is 5.43 Å². The van der Waals surface area contributed by atoms with Crippen LogP contribution < -0.4 is 10.7 Å². The van der Waals surface area contributed by atoms with Gasteiger partial charge in [0.25, 0.3) is 5.76 Å². The van der Waals surface area contributed by atoms with E-state index in [2.05, 4.69) is 28.0 Å². The molecule has 0 bridgehead atoms. The summed E-state index contributed by atoms with van der Waals surface area (Å²) >= 11 is 5.65. The summed E-state index contributed by atoms with van der Waals surface area (Å²) in [7, 11) is 0. The average molecular weight is 341 g/mol. The number of anilines is 1. The van der Waals surface area contributed by atoms with E-state index in [1.807, 2.05) is 6.21 Å². The van der Waals surface area contributed by atoms with Crippen molar-refractivity contribution in [2.75, 3.05) is 5.32 Å². The lowest BCUT2D eigenvalue weighted by Gasteiger charge is -2.12. The van der Waals surface area contributed by atoms with Crippen LogP contribution in [-0.4, -0.2) is 17.1 Å². The summed E-state index contributed by atoms with van der Waals surface area (Å²) < 4.78 is 24.4. The molecule has 7 heteroatoms. The third-order valence-electron chi connectivity index (χ3n) is 3.10. The molecule has 2 rings (SSSR count). The fraction of sp³-hybridized carbons (Fsp3) is 0.333. The first kappa shape index (κ1) is 16.9. The van der Waals surface area contributed by atoms with Crippen LogP contribution in [0.5, 0.6) is 0 Å². The first-order valence-electron chi connectivity index (χ1n) is 6.93. The minimum absolute atomic E-state index is 0.372. The SMILES string of the molecule is FC(F)Sc1ccc(NC(=S)N/N=C\[C@H]2CC=CCC2)cc1. The lowest BCUT2D eigenvalue weighted by atomic mass is 9.96. The van der Waals surface area contributed by atoms with Crippen LogP contribution in [0.25, 0.3) is 0 Å². The van der Waals surface area contributed by atoms with Crippen molar-refractivity contribution in [1.29, 1.82) is 0 Å². The van der Waals surface area contributed by atoms with Crippen molar-refractivity contribution in [3.05, 3.63) is 36.4 Å². The Hall–Kier alpha value is -1.47. The summed E-state index contributed by atoms with van der Waals surface area (Å²) in [5.74, 6) is -1.96. The van der Waals surface area contributed by atoms with Crippen LogP contribution in [-0.2, 0) is 0 Å². The van der Waals surface area contributed by atoms with Crippen molar-refractivity contribution in [2.45, 2.75) is 29.9 Å². The van der Waals surface area contributed by atoms with Crippen LogP contribution in [0.15, 0.2) is 46.4 Å². The summed E-state index contributed by atoms with van der Waals surface area (Å²) in [6.45, 7) is 0. The Bertz CT molecular complexity index is 544. The van der Waals surface area contributed by atoms with Gasteiger partial charge in [-0.1, -0.05) is 23.9 Å². The highest BCUT2D eigenvalue weighted by Gasteiger charge is 2.07. The molecule has 0 spiro atoms. The van der Waals surface area contributed by atoms with E-state index in [9.17, 15) is 8.78 Å². The number of rotatable bonds is 5. The van der Waals surface area contributed by atoms with Crippen LogP contribution >= 0.6 is 24.0 Å². The number of hydrogen-bond donors (Lipinski definition) is 2. The molecule has 118 valence electrons. The Morgan fingerprint density at radius 1 is 1.32 bits per heavy atom. The Morgan fingerprint density at radius 3 is 2.73 bits per heavy atom. The number of thiocarbonyl (C=S) groups is 1. The molecular weight excluding hydrogens is 324 g/mol. The molecule has 0 aliphatic heterocycles. The standard InChI is InChI=1S/C15H17F2N3S2/c16-14(17)22-13-8-6-12(7-9-13)19-15(21)20-18-10-11-4-2-1-3-5-11/h1-2,6-11,14H,3-5H2,(H2,19,20,21)/b18-10-/t11-/m0/s1. The first-order valence-corrected chi connectivity index (χ1v) is 8.22. The van der Waals surface area contributed by atoms with Crippen LogP contribution in [0.2, 0.25) is 0 Å². The number of allylic oxidation sites excluding steroid dienone is 2. The van der Waals surface area contributed by atoms with Crippen molar-refractivity contribution in [3.63, 3.8) is 0 Å². The predicted octanol–water partition coefficient (Wildman–Crippen LogP) is 4.63. The molecule has 1 aliphatic carbocycles. The van der Waals surface area contributed by atoms with Gasteiger partial charge in [0.15, 0.2) is 5.11 Å². The number of benzene rings is 1. The van der Waals surface area contributed by atoms with Gasteiger partial charge in [0.05, 0.1) is 0 Å². The number of hydrazone groups is 1.